The van der Waals surface area contributed by atoms with Gasteiger partial charge in [0.2, 0.25) is 5.91 Å². The molecule has 0 aliphatic heterocycles. The summed E-state index contributed by atoms with van der Waals surface area (Å²) in [6.45, 7) is -0.878. The van der Waals surface area contributed by atoms with Gasteiger partial charge in [-0.3, -0.25) is 4.79 Å². The Bertz CT molecular complexity index is 824. The maximum atomic E-state index is 12.5. The quantitative estimate of drug-likeness (QED) is 0.441. The number of nitrogens with one attached hydrogen (secondary N) is 2. The zero-order valence-electron chi connectivity index (χ0n) is 15.4. The van der Waals surface area contributed by atoms with Crippen LogP contribution in [0.15, 0.2) is 54.6 Å². The van der Waals surface area contributed by atoms with Gasteiger partial charge in [-0.2, -0.15) is 0 Å². The van der Waals surface area contributed by atoms with E-state index in [1.54, 1.807) is 36.4 Å². The Morgan fingerprint density at radius 1 is 0.931 bits per heavy atom. The lowest BCUT2D eigenvalue weighted by atomic mass is 10.0. The summed E-state index contributed by atoms with van der Waals surface area (Å²) in [7, 11) is 0. The number of phenols is 1. The third-order valence-electron chi connectivity index (χ3n) is 3.98. The van der Waals surface area contributed by atoms with Crippen LogP contribution < -0.4 is 15.7 Å². The molecule has 2 aromatic carbocycles. The average Bonchev–Trinajstić information content (AvgIpc) is 2.72. The molecular weight excluding hydrogens is 380 g/mol. The Morgan fingerprint density at radius 3 is 2.17 bits per heavy atom. The first-order valence-corrected chi connectivity index (χ1v) is 8.76. The topological polar surface area (TPSA) is 148 Å². The number of aliphatic hydroxyl groups excluding tert-OH is 1. The molecule has 29 heavy (non-hydrogen) atoms. The minimum atomic E-state index is -1.66. The molecule has 0 aromatic heterocycles. The molecule has 2 amide bonds. The Kier molecular flexibility index (Phi) is 7.99. The molecule has 0 bridgehead atoms. The lowest BCUT2D eigenvalue weighted by molar-refractivity contribution is -0.309. The van der Waals surface area contributed by atoms with E-state index in [0.717, 1.165) is 5.56 Å². The van der Waals surface area contributed by atoms with Crippen LogP contribution in [0.1, 0.15) is 11.1 Å². The number of carboxylic acids is 1. The maximum Gasteiger partial charge on any atom is 0.408 e. The summed E-state index contributed by atoms with van der Waals surface area (Å²) in [4.78, 5) is 35.5. The van der Waals surface area contributed by atoms with Gasteiger partial charge in [-0.25, -0.2) is 4.79 Å². The van der Waals surface area contributed by atoms with Gasteiger partial charge in [0.05, 0.1) is 18.6 Å². The highest BCUT2D eigenvalue weighted by molar-refractivity contribution is 5.89. The van der Waals surface area contributed by atoms with Crippen molar-refractivity contribution in [3.05, 3.63) is 65.7 Å². The number of aliphatic hydroxyl groups is 1. The minimum Gasteiger partial charge on any atom is -0.548 e. The molecule has 0 radical (unpaired) electrons. The molecule has 0 saturated carbocycles. The molecule has 154 valence electrons. The van der Waals surface area contributed by atoms with E-state index in [1.165, 1.54) is 12.1 Å². The zero-order chi connectivity index (χ0) is 21.2. The summed E-state index contributed by atoms with van der Waals surface area (Å²) in [5, 5.41) is 33.9. The average molecular weight is 401 g/mol. The summed E-state index contributed by atoms with van der Waals surface area (Å²) >= 11 is 0. The van der Waals surface area contributed by atoms with Crippen molar-refractivity contribution in [2.24, 2.45) is 0 Å². The fraction of sp³-hybridized carbons (Fsp3) is 0.250. The Morgan fingerprint density at radius 2 is 1.59 bits per heavy atom. The van der Waals surface area contributed by atoms with Crippen LogP contribution in [-0.4, -0.2) is 46.9 Å². The normalized spacial score (nSPS) is 12.4. The van der Waals surface area contributed by atoms with Crippen molar-refractivity contribution in [3.8, 4) is 5.75 Å². The van der Waals surface area contributed by atoms with E-state index in [1.807, 2.05) is 6.07 Å². The van der Waals surface area contributed by atoms with Crippen molar-refractivity contribution in [3.63, 3.8) is 0 Å². The van der Waals surface area contributed by atoms with Gasteiger partial charge in [0.1, 0.15) is 18.4 Å². The molecule has 0 heterocycles. The molecule has 0 aliphatic rings. The summed E-state index contributed by atoms with van der Waals surface area (Å²) in [6, 6.07) is 12.0. The summed E-state index contributed by atoms with van der Waals surface area (Å²) in [6.07, 6.45) is -0.876. The Balaban J connectivity index is 2.05. The predicted molar refractivity (Wildman–Crippen MR) is 99.4 cm³/mol. The number of carboxylic acid groups (broad SMARTS) is 1. The first-order chi connectivity index (χ1) is 13.9. The lowest BCUT2D eigenvalue weighted by Gasteiger charge is -2.23. The van der Waals surface area contributed by atoms with Crippen molar-refractivity contribution < 1.29 is 34.4 Å². The van der Waals surface area contributed by atoms with Gasteiger partial charge in [-0.1, -0.05) is 42.5 Å². The molecule has 9 heteroatoms. The first-order valence-electron chi connectivity index (χ1n) is 8.76. The van der Waals surface area contributed by atoms with Gasteiger partial charge in [0.15, 0.2) is 0 Å². The van der Waals surface area contributed by atoms with Gasteiger partial charge in [0.25, 0.3) is 0 Å². The fourth-order valence-corrected chi connectivity index (χ4v) is 2.44. The summed E-state index contributed by atoms with van der Waals surface area (Å²) in [5.41, 5.74) is 1.35. The van der Waals surface area contributed by atoms with Crippen LogP contribution in [-0.2, 0) is 27.4 Å². The van der Waals surface area contributed by atoms with Crippen LogP contribution in [0.3, 0.4) is 0 Å². The molecule has 0 saturated heterocycles. The second kappa shape index (κ2) is 10.7. The summed E-state index contributed by atoms with van der Waals surface area (Å²) in [5.74, 6) is -2.46. The molecule has 2 rings (SSSR count). The third-order valence-corrected chi connectivity index (χ3v) is 3.98. The number of hydrogen-bond acceptors (Lipinski definition) is 7. The largest absolute Gasteiger partial charge is 0.548 e. The van der Waals surface area contributed by atoms with E-state index in [0.29, 0.717) is 5.56 Å². The molecule has 0 unspecified atom stereocenters. The van der Waals surface area contributed by atoms with Crippen LogP contribution in [0.25, 0.3) is 0 Å². The van der Waals surface area contributed by atoms with E-state index >= 15 is 0 Å². The number of aromatic hydroxyl groups is 1. The highest BCUT2D eigenvalue weighted by atomic mass is 16.5. The van der Waals surface area contributed by atoms with Gasteiger partial charge in [-0.15, -0.1) is 0 Å². The van der Waals surface area contributed by atoms with Crippen LogP contribution in [0, 0.1) is 0 Å². The number of benzene rings is 2. The number of ether oxygens (including phenoxy) is 1. The number of carbonyl (C=O) groups excluding carboxylic acids is 3. The molecule has 0 fully saturated rings. The number of rotatable bonds is 9. The van der Waals surface area contributed by atoms with Crippen molar-refractivity contribution >= 4 is 18.0 Å². The second-order valence-electron chi connectivity index (χ2n) is 6.19. The maximum absolute atomic E-state index is 12.5. The number of aliphatic carboxylic acids is 1. The predicted octanol–water partition coefficient (Wildman–Crippen LogP) is -0.543. The standard InChI is InChI=1S/C20H22N2O7/c23-11-17(19(26)27)21-18(25)16(10-13-6-8-15(24)9-7-13)22-20(28)29-12-14-4-2-1-3-5-14/h1-9,16-17,23-24H,10-12H2,(H,21,25)(H,22,28)(H,26,27)/p-1/t16-,17-/m0/s1. The van der Waals surface area contributed by atoms with Crippen LogP contribution >= 0.6 is 0 Å². The Hall–Kier alpha value is -3.59. The third kappa shape index (κ3) is 7.15. The van der Waals surface area contributed by atoms with E-state index in [4.69, 9.17) is 9.84 Å². The first kappa shape index (κ1) is 21.7. The molecule has 9 nitrogen and oxygen atoms in total. The highest BCUT2D eigenvalue weighted by Crippen LogP contribution is 2.12. The van der Waals surface area contributed by atoms with Crippen molar-refractivity contribution in [1.29, 1.82) is 0 Å². The van der Waals surface area contributed by atoms with Crippen LogP contribution in [0.5, 0.6) is 5.75 Å². The minimum absolute atomic E-state index is 0.00224. The zero-order valence-corrected chi connectivity index (χ0v) is 15.4. The van der Waals surface area contributed by atoms with Gasteiger partial charge >= 0.3 is 6.09 Å². The van der Waals surface area contributed by atoms with Crippen molar-refractivity contribution in [2.75, 3.05) is 6.61 Å². The SMILES string of the molecule is O=C(N[C@@H](Cc1ccc(O)cc1)C(=O)N[C@@H](CO)C(=O)[O-])OCc1ccccc1. The molecule has 2 aromatic rings. The van der Waals surface area contributed by atoms with E-state index in [2.05, 4.69) is 10.6 Å². The number of carbonyl (C=O) groups is 3. The van der Waals surface area contributed by atoms with Crippen molar-refractivity contribution in [2.45, 2.75) is 25.1 Å². The molecule has 2 atom stereocenters. The van der Waals surface area contributed by atoms with Crippen molar-refractivity contribution in [1.82, 2.24) is 10.6 Å². The van der Waals surface area contributed by atoms with Gasteiger partial charge in [-0.05, 0) is 23.3 Å². The van der Waals surface area contributed by atoms with Gasteiger partial charge in [0, 0.05) is 6.42 Å². The second-order valence-corrected chi connectivity index (χ2v) is 6.19. The van der Waals surface area contributed by atoms with E-state index in [9.17, 15) is 24.6 Å². The monoisotopic (exact) mass is 401 g/mol. The smallest absolute Gasteiger partial charge is 0.408 e. The summed E-state index contributed by atoms with van der Waals surface area (Å²) < 4.78 is 5.10. The van der Waals surface area contributed by atoms with Gasteiger partial charge < -0.3 is 35.5 Å². The Labute approximate surface area is 166 Å². The van der Waals surface area contributed by atoms with E-state index in [-0.39, 0.29) is 18.8 Å². The van der Waals surface area contributed by atoms with Crippen LogP contribution in [0.2, 0.25) is 0 Å². The molecule has 0 spiro atoms. The number of alkyl carbamates (subject to hydrolysis) is 1. The van der Waals surface area contributed by atoms with E-state index < -0.39 is 36.7 Å². The number of hydrogen-bond donors (Lipinski definition) is 4. The number of phenolic OH excluding ortho intramolecular Hbond substituents is 1. The molecule has 0 aliphatic carbocycles. The lowest BCUT2D eigenvalue weighted by Crippen LogP contribution is -2.56. The number of amides is 2. The molecule has 4 N–H and O–H groups in total. The van der Waals surface area contributed by atoms with Crippen LogP contribution in [0.4, 0.5) is 4.79 Å². The highest BCUT2D eigenvalue weighted by Gasteiger charge is 2.24. The molecular formula is C20H21N2O7-. The fourth-order valence-electron chi connectivity index (χ4n) is 2.44.